The van der Waals surface area contributed by atoms with Crippen molar-refractivity contribution in [3.8, 4) is 11.6 Å². The zero-order chi connectivity index (χ0) is 12.5. The lowest BCUT2D eigenvalue weighted by atomic mass is 10.4. The minimum absolute atomic E-state index is 0.176. The lowest BCUT2D eigenvalue weighted by molar-refractivity contribution is 0.467. The number of thiophene rings is 1. The average Bonchev–Trinajstić information content (AvgIpc) is 2.77. The van der Waals surface area contributed by atoms with E-state index < -0.39 is 0 Å². The van der Waals surface area contributed by atoms with Gasteiger partial charge in [0.15, 0.2) is 0 Å². The summed E-state index contributed by atoms with van der Waals surface area (Å²) in [6.45, 7) is 0. The Kier molecular flexibility index (Phi) is 2.73. The van der Waals surface area contributed by atoms with Crippen LogP contribution in [0.1, 0.15) is 0 Å². The quantitative estimate of drug-likeness (QED) is 0.779. The third-order valence-corrected chi connectivity index (χ3v) is 3.22. The van der Waals surface area contributed by atoms with E-state index in [9.17, 15) is 0 Å². The molecule has 0 aliphatic carbocycles. The molecule has 0 fully saturated rings. The Morgan fingerprint density at radius 2 is 2.17 bits per heavy atom. The summed E-state index contributed by atoms with van der Waals surface area (Å²) in [5.74, 6) is 1.09. The second-order valence-electron chi connectivity index (χ2n) is 3.47. The van der Waals surface area contributed by atoms with Crippen LogP contribution >= 0.6 is 22.9 Å². The summed E-state index contributed by atoms with van der Waals surface area (Å²) in [5, 5.41) is 3.22. The van der Waals surface area contributed by atoms with Gasteiger partial charge in [0.2, 0.25) is 11.8 Å². The third-order valence-electron chi connectivity index (χ3n) is 2.20. The van der Waals surface area contributed by atoms with Crippen molar-refractivity contribution in [1.82, 2.24) is 15.0 Å². The molecule has 0 aliphatic heterocycles. The molecule has 0 atom stereocenters. The number of nitrogen functional groups attached to an aromatic ring is 1. The summed E-state index contributed by atoms with van der Waals surface area (Å²) in [4.78, 5) is 12.9. The Hall–Kier alpha value is -1.92. The Morgan fingerprint density at radius 1 is 1.28 bits per heavy atom. The van der Waals surface area contributed by atoms with Gasteiger partial charge in [-0.3, -0.25) is 4.98 Å². The van der Waals surface area contributed by atoms with Crippen LogP contribution in [-0.2, 0) is 0 Å². The highest BCUT2D eigenvalue weighted by atomic mass is 35.5. The van der Waals surface area contributed by atoms with E-state index in [1.165, 1.54) is 17.5 Å². The number of fused-ring (bicyclic) bond motifs is 1. The van der Waals surface area contributed by atoms with Crippen molar-refractivity contribution in [1.29, 1.82) is 0 Å². The van der Waals surface area contributed by atoms with Crippen LogP contribution in [0.5, 0.6) is 11.6 Å². The van der Waals surface area contributed by atoms with Crippen LogP contribution in [0.3, 0.4) is 0 Å². The van der Waals surface area contributed by atoms with Gasteiger partial charge in [0, 0.05) is 12.3 Å². The third kappa shape index (κ3) is 2.07. The summed E-state index contributed by atoms with van der Waals surface area (Å²) < 4.78 is 5.64. The first-order chi connectivity index (χ1) is 8.72. The molecule has 0 saturated carbocycles. The fraction of sp³-hybridized carbons (Fsp3) is 0. The normalized spacial score (nSPS) is 10.7. The average molecular weight is 279 g/mol. The fourth-order valence-corrected chi connectivity index (χ4v) is 2.41. The van der Waals surface area contributed by atoms with Crippen LogP contribution in [-0.4, -0.2) is 15.0 Å². The lowest BCUT2D eigenvalue weighted by Crippen LogP contribution is -1.97. The smallest absolute Gasteiger partial charge is 0.232 e. The highest BCUT2D eigenvalue weighted by molar-refractivity contribution is 7.16. The lowest BCUT2D eigenvalue weighted by Gasteiger charge is -2.06. The van der Waals surface area contributed by atoms with Crippen molar-refractivity contribution < 1.29 is 4.74 Å². The number of rotatable bonds is 2. The van der Waals surface area contributed by atoms with Gasteiger partial charge in [-0.25, -0.2) is 4.98 Å². The van der Waals surface area contributed by atoms with Crippen LogP contribution in [0, 0.1) is 0 Å². The largest absolute Gasteiger partial charge is 0.436 e. The molecule has 3 rings (SSSR count). The Morgan fingerprint density at radius 3 is 3.00 bits per heavy atom. The Balaban J connectivity index is 2.06. The van der Waals surface area contributed by atoms with Crippen molar-refractivity contribution >= 4 is 39.1 Å². The van der Waals surface area contributed by atoms with Crippen LogP contribution in [0.25, 0.3) is 10.2 Å². The molecule has 0 aliphatic rings. The van der Waals surface area contributed by atoms with Crippen molar-refractivity contribution in [3.05, 3.63) is 34.9 Å². The van der Waals surface area contributed by atoms with Crippen LogP contribution in [0.4, 0.5) is 5.95 Å². The number of halogens is 1. The molecule has 0 bridgehead atoms. The summed E-state index contributed by atoms with van der Waals surface area (Å²) in [6.07, 6.45) is 3.09. The first-order valence-electron chi connectivity index (χ1n) is 5.01. The van der Waals surface area contributed by atoms with Crippen LogP contribution < -0.4 is 10.5 Å². The SMILES string of the molecule is Nc1nc(Oc2cncc(Cl)c2)c2ccsc2n1. The van der Waals surface area contributed by atoms with Crippen molar-refractivity contribution in [3.63, 3.8) is 0 Å². The van der Waals surface area contributed by atoms with E-state index in [0.29, 0.717) is 16.7 Å². The second kappa shape index (κ2) is 4.40. The Labute approximate surface area is 111 Å². The monoisotopic (exact) mass is 278 g/mol. The maximum Gasteiger partial charge on any atom is 0.232 e. The van der Waals surface area contributed by atoms with Crippen molar-refractivity contribution in [2.75, 3.05) is 5.73 Å². The standard InChI is InChI=1S/C11H7ClN4OS/c12-6-3-7(5-14-4-6)17-9-8-1-2-18-10(8)16-11(13)15-9/h1-5H,(H2,13,15,16). The van der Waals surface area contributed by atoms with Gasteiger partial charge in [-0.1, -0.05) is 11.6 Å². The summed E-state index contributed by atoms with van der Waals surface area (Å²) in [6, 6.07) is 3.54. The molecule has 0 spiro atoms. The Bertz CT molecular complexity index is 715. The highest BCUT2D eigenvalue weighted by Gasteiger charge is 2.09. The molecule has 2 N–H and O–H groups in total. The minimum atomic E-state index is 0.176. The molecular formula is C11H7ClN4OS. The molecule has 0 radical (unpaired) electrons. The summed E-state index contributed by atoms with van der Waals surface area (Å²) in [7, 11) is 0. The number of hydrogen-bond donors (Lipinski definition) is 1. The maximum absolute atomic E-state index is 5.84. The van der Waals surface area contributed by atoms with Gasteiger partial charge in [-0.05, 0) is 11.4 Å². The van der Waals surface area contributed by atoms with E-state index in [1.54, 1.807) is 12.3 Å². The molecule has 0 aromatic carbocycles. The van der Waals surface area contributed by atoms with E-state index in [4.69, 9.17) is 22.1 Å². The number of nitrogens with zero attached hydrogens (tertiary/aromatic N) is 3. The minimum Gasteiger partial charge on any atom is -0.436 e. The topological polar surface area (TPSA) is 73.9 Å². The van der Waals surface area contributed by atoms with E-state index in [1.807, 2.05) is 11.4 Å². The molecule has 5 nitrogen and oxygen atoms in total. The molecule has 0 amide bonds. The predicted octanol–water partition coefficient (Wildman–Crippen LogP) is 3.11. The van der Waals surface area contributed by atoms with Gasteiger partial charge in [-0.2, -0.15) is 4.98 Å². The summed E-state index contributed by atoms with van der Waals surface area (Å²) >= 11 is 7.32. The highest BCUT2D eigenvalue weighted by Crippen LogP contribution is 2.31. The molecule has 3 heterocycles. The summed E-state index contributed by atoms with van der Waals surface area (Å²) in [5.41, 5.74) is 5.63. The molecular weight excluding hydrogens is 272 g/mol. The van der Waals surface area contributed by atoms with Gasteiger partial charge in [-0.15, -0.1) is 11.3 Å². The number of nitrogens with two attached hydrogens (primary N) is 1. The number of anilines is 1. The van der Waals surface area contributed by atoms with Gasteiger partial charge in [0.05, 0.1) is 16.6 Å². The number of aromatic nitrogens is 3. The van der Waals surface area contributed by atoms with Crippen molar-refractivity contribution in [2.24, 2.45) is 0 Å². The van der Waals surface area contributed by atoms with E-state index in [2.05, 4.69) is 15.0 Å². The molecule has 7 heteroatoms. The zero-order valence-corrected chi connectivity index (χ0v) is 10.6. The first kappa shape index (κ1) is 11.2. The van der Waals surface area contributed by atoms with Gasteiger partial charge < -0.3 is 10.5 Å². The van der Waals surface area contributed by atoms with Crippen LogP contribution in [0.15, 0.2) is 29.9 Å². The molecule has 3 aromatic heterocycles. The van der Waals surface area contributed by atoms with Crippen molar-refractivity contribution in [2.45, 2.75) is 0 Å². The maximum atomic E-state index is 5.84. The van der Waals surface area contributed by atoms with Crippen LogP contribution in [0.2, 0.25) is 5.02 Å². The number of pyridine rings is 1. The molecule has 90 valence electrons. The van der Waals surface area contributed by atoms with E-state index in [-0.39, 0.29) is 5.95 Å². The zero-order valence-electron chi connectivity index (χ0n) is 9.00. The number of hydrogen-bond acceptors (Lipinski definition) is 6. The molecule has 3 aromatic rings. The molecule has 18 heavy (non-hydrogen) atoms. The first-order valence-corrected chi connectivity index (χ1v) is 6.27. The van der Waals surface area contributed by atoms with Gasteiger partial charge in [0.1, 0.15) is 10.6 Å². The fourth-order valence-electron chi connectivity index (χ4n) is 1.48. The molecule has 0 unspecified atom stereocenters. The van der Waals surface area contributed by atoms with Gasteiger partial charge in [0.25, 0.3) is 0 Å². The van der Waals surface area contributed by atoms with E-state index >= 15 is 0 Å². The van der Waals surface area contributed by atoms with E-state index in [0.717, 1.165) is 10.2 Å². The second-order valence-corrected chi connectivity index (χ2v) is 4.80. The molecule has 0 saturated heterocycles. The predicted molar refractivity (Wildman–Crippen MR) is 71.1 cm³/mol. The van der Waals surface area contributed by atoms with Gasteiger partial charge >= 0.3 is 0 Å². The number of ether oxygens (including phenoxy) is 1.